The fourth-order valence-electron chi connectivity index (χ4n) is 4.41. The van der Waals surface area contributed by atoms with E-state index >= 15 is 0 Å². The number of carbonyl (C=O) groups is 2. The fraction of sp³-hybridized carbons (Fsp3) is 0.619. The zero-order valence-corrected chi connectivity index (χ0v) is 15.9. The monoisotopic (exact) mass is 358 g/mol. The van der Waals surface area contributed by atoms with Crippen molar-refractivity contribution in [3.05, 3.63) is 35.9 Å². The molecule has 1 spiro atoms. The van der Waals surface area contributed by atoms with Crippen molar-refractivity contribution >= 4 is 11.8 Å². The molecule has 2 aliphatic rings. The maximum absolute atomic E-state index is 12.7. The third kappa shape index (κ3) is 4.26. The molecule has 1 aromatic carbocycles. The average Bonchev–Trinajstić information content (AvgIpc) is 3.23. The van der Waals surface area contributed by atoms with Gasteiger partial charge in [-0.25, -0.2) is 0 Å². The Morgan fingerprint density at radius 1 is 1.23 bits per heavy atom. The predicted octanol–water partition coefficient (Wildman–Crippen LogP) is 2.75. The van der Waals surface area contributed by atoms with E-state index in [-0.39, 0.29) is 35.8 Å². The molecule has 1 saturated heterocycles. The number of benzene rings is 1. The molecular formula is C21H30N2O3. The van der Waals surface area contributed by atoms with Gasteiger partial charge in [-0.3, -0.25) is 9.59 Å². The number of likely N-dealkylation sites (tertiary alicyclic amines) is 1. The highest BCUT2D eigenvalue weighted by molar-refractivity contribution is 5.83. The highest BCUT2D eigenvalue weighted by Gasteiger charge is 2.52. The van der Waals surface area contributed by atoms with Crippen LogP contribution in [-0.2, 0) is 20.9 Å². The van der Waals surface area contributed by atoms with Gasteiger partial charge in [0, 0.05) is 24.5 Å². The van der Waals surface area contributed by atoms with E-state index in [1.807, 2.05) is 49.1 Å². The lowest BCUT2D eigenvalue weighted by Crippen LogP contribution is -2.42. The van der Waals surface area contributed by atoms with Crippen molar-refractivity contribution in [2.24, 2.45) is 11.3 Å². The van der Waals surface area contributed by atoms with Crippen LogP contribution in [0.15, 0.2) is 30.3 Å². The maximum atomic E-state index is 12.7. The van der Waals surface area contributed by atoms with E-state index in [0.29, 0.717) is 19.7 Å². The smallest absolute Gasteiger partial charge is 0.248 e. The number of hydrogen-bond donors (Lipinski definition) is 1. The van der Waals surface area contributed by atoms with Crippen LogP contribution in [0.2, 0.25) is 0 Å². The van der Waals surface area contributed by atoms with E-state index in [1.165, 1.54) is 0 Å². The maximum Gasteiger partial charge on any atom is 0.248 e. The van der Waals surface area contributed by atoms with Gasteiger partial charge in [0.05, 0.1) is 12.5 Å². The molecule has 1 unspecified atom stereocenters. The van der Waals surface area contributed by atoms with Crippen molar-refractivity contribution in [2.75, 3.05) is 19.7 Å². The number of carbonyl (C=O) groups excluding carboxylic acids is 2. The number of ether oxygens (including phenoxy) is 1. The van der Waals surface area contributed by atoms with Gasteiger partial charge in [-0.1, -0.05) is 43.2 Å². The third-order valence-electron chi connectivity index (χ3n) is 5.68. The lowest BCUT2D eigenvalue weighted by atomic mass is 9.76. The molecule has 5 nitrogen and oxygen atoms in total. The first-order chi connectivity index (χ1) is 12.5. The van der Waals surface area contributed by atoms with Crippen molar-refractivity contribution in [2.45, 2.75) is 52.2 Å². The van der Waals surface area contributed by atoms with Gasteiger partial charge in [-0.2, -0.15) is 0 Å². The highest BCUT2D eigenvalue weighted by Crippen LogP contribution is 2.49. The summed E-state index contributed by atoms with van der Waals surface area (Å²) in [5, 5.41) is 3.05. The molecule has 0 aromatic heterocycles. The largest absolute Gasteiger partial charge is 0.367 e. The Balaban J connectivity index is 1.58. The lowest BCUT2D eigenvalue weighted by molar-refractivity contribution is -0.136. The first-order valence-electron chi connectivity index (χ1n) is 9.70. The van der Waals surface area contributed by atoms with Crippen molar-refractivity contribution in [1.82, 2.24) is 10.2 Å². The van der Waals surface area contributed by atoms with Crippen molar-refractivity contribution in [3.63, 3.8) is 0 Å². The average molecular weight is 358 g/mol. The molecule has 1 saturated carbocycles. The Labute approximate surface area is 156 Å². The van der Waals surface area contributed by atoms with Crippen molar-refractivity contribution < 1.29 is 14.3 Å². The van der Waals surface area contributed by atoms with Crippen LogP contribution in [0.5, 0.6) is 0 Å². The summed E-state index contributed by atoms with van der Waals surface area (Å²) in [6, 6.07) is 9.98. The van der Waals surface area contributed by atoms with Gasteiger partial charge in [0.2, 0.25) is 11.8 Å². The van der Waals surface area contributed by atoms with Crippen LogP contribution in [0.3, 0.4) is 0 Å². The van der Waals surface area contributed by atoms with Crippen molar-refractivity contribution in [3.8, 4) is 0 Å². The van der Waals surface area contributed by atoms with Gasteiger partial charge in [-0.15, -0.1) is 0 Å². The predicted molar refractivity (Wildman–Crippen MR) is 100 cm³/mol. The SMILES string of the molecule is CC(C)NC(=O)C1CN(C(=O)COCc2ccccc2)CC12CCCC2. The zero-order valence-electron chi connectivity index (χ0n) is 15.9. The molecule has 1 heterocycles. The van der Waals surface area contributed by atoms with Gasteiger partial charge in [0.1, 0.15) is 6.61 Å². The summed E-state index contributed by atoms with van der Waals surface area (Å²) >= 11 is 0. The van der Waals surface area contributed by atoms with Gasteiger partial charge in [0.25, 0.3) is 0 Å². The molecule has 1 aromatic rings. The van der Waals surface area contributed by atoms with Crippen LogP contribution < -0.4 is 5.32 Å². The number of amides is 2. The van der Waals surface area contributed by atoms with Crippen LogP contribution in [0.1, 0.15) is 45.1 Å². The summed E-state index contributed by atoms with van der Waals surface area (Å²) in [6.07, 6.45) is 4.38. The van der Waals surface area contributed by atoms with E-state index in [0.717, 1.165) is 31.2 Å². The van der Waals surface area contributed by atoms with Crippen molar-refractivity contribution in [1.29, 1.82) is 0 Å². The normalized spacial score (nSPS) is 21.5. The molecule has 1 N–H and O–H groups in total. The van der Waals surface area contributed by atoms with Gasteiger partial charge in [-0.05, 0) is 32.3 Å². The second-order valence-corrected chi connectivity index (χ2v) is 8.04. The molecule has 0 radical (unpaired) electrons. The summed E-state index contributed by atoms with van der Waals surface area (Å²) in [4.78, 5) is 27.2. The van der Waals surface area contributed by atoms with E-state index in [9.17, 15) is 9.59 Å². The Hall–Kier alpha value is -1.88. The molecular weight excluding hydrogens is 328 g/mol. The molecule has 1 aliphatic carbocycles. The number of nitrogens with one attached hydrogen (secondary N) is 1. The first kappa shape index (κ1) is 18.9. The minimum atomic E-state index is -0.0922. The molecule has 3 rings (SSSR count). The summed E-state index contributed by atoms with van der Waals surface area (Å²) in [6.45, 7) is 5.68. The van der Waals surface area contributed by atoms with E-state index in [4.69, 9.17) is 4.74 Å². The molecule has 142 valence electrons. The number of rotatable bonds is 6. The van der Waals surface area contributed by atoms with Gasteiger partial charge >= 0.3 is 0 Å². The summed E-state index contributed by atoms with van der Waals surface area (Å²) in [5.41, 5.74) is 1.02. The second kappa shape index (κ2) is 8.21. The Kier molecular flexibility index (Phi) is 5.97. The zero-order chi connectivity index (χ0) is 18.6. The van der Waals surface area contributed by atoms with Crippen LogP contribution in [-0.4, -0.2) is 42.5 Å². The number of hydrogen-bond acceptors (Lipinski definition) is 3. The van der Waals surface area contributed by atoms with Gasteiger partial charge < -0.3 is 15.0 Å². The van der Waals surface area contributed by atoms with E-state index in [2.05, 4.69) is 5.32 Å². The molecule has 5 heteroatoms. The van der Waals surface area contributed by atoms with Crippen LogP contribution in [0.4, 0.5) is 0 Å². The van der Waals surface area contributed by atoms with E-state index < -0.39 is 0 Å². The molecule has 1 atom stereocenters. The Bertz CT molecular complexity index is 623. The number of nitrogens with zero attached hydrogens (tertiary/aromatic N) is 1. The third-order valence-corrected chi connectivity index (χ3v) is 5.68. The van der Waals surface area contributed by atoms with Crippen LogP contribution in [0, 0.1) is 11.3 Å². The quantitative estimate of drug-likeness (QED) is 0.851. The molecule has 2 fully saturated rings. The minimum absolute atomic E-state index is 0.00736. The summed E-state index contributed by atoms with van der Waals surface area (Å²) < 4.78 is 5.61. The Morgan fingerprint density at radius 3 is 2.58 bits per heavy atom. The molecule has 26 heavy (non-hydrogen) atoms. The molecule has 1 aliphatic heterocycles. The topological polar surface area (TPSA) is 58.6 Å². The molecule has 2 amide bonds. The summed E-state index contributed by atoms with van der Waals surface area (Å²) in [5.74, 6) is -0.0000645. The summed E-state index contributed by atoms with van der Waals surface area (Å²) in [7, 11) is 0. The van der Waals surface area contributed by atoms with E-state index in [1.54, 1.807) is 0 Å². The fourth-order valence-corrected chi connectivity index (χ4v) is 4.41. The van der Waals surface area contributed by atoms with Crippen LogP contribution >= 0.6 is 0 Å². The van der Waals surface area contributed by atoms with Gasteiger partial charge in [0.15, 0.2) is 0 Å². The lowest BCUT2D eigenvalue weighted by Gasteiger charge is -2.29. The molecule has 0 bridgehead atoms. The van der Waals surface area contributed by atoms with Crippen LogP contribution in [0.25, 0.3) is 0 Å². The minimum Gasteiger partial charge on any atom is -0.367 e. The Morgan fingerprint density at radius 2 is 1.92 bits per heavy atom. The highest BCUT2D eigenvalue weighted by atomic mass is 16.5. The first-order valence-corrected chi connectivity index (χ1v) is 9.70. The standard InChI is InChI=1S/C21H30N2O3/c1-16(2)22-20(25)18-12-23(15-21(18)10-6-7-11-21)19(24)14-26-13-17-8-4-3-5-9-17/h3-5,8-9,16,18H,6-7,10-15H2,1-2H3,(H,22,25). The second-order valence-electron chi connectivity index (χ2n) is 8.04.